The van der Waals surface area contributed by atoms with Crippen molar-refractivity contribution in [2.75, 3.05) is 11.4 Å². The molecule has 1 aliphatic heterocycles. The predicted octanol–water partition coefficient (Wildman–Crippen LogP) is 3.78. The lowest BCUT2D eigenvalue weighted by Gasteiger charge is -2.33. The zero-order valence-corrected chi connectivity index (χ0v) is 12.5. The van der Waals surface area contributed by atoms with Gasteiger partial charge >= 0.3 is 12.4 Å². The molecule has 0 bridgehead atoms. The SMILES string of the molecule is Cc1c(N2CCCC2C(O)C(F)(F)F)ccc(C#N)c1C(F)(F)F. The van der Waals surface area contributed by atoms with Crippen molar-refractivity contribution in [2.24, 2.45) is 0 Å². The number of anilines is 1. The van der Waals surface area contributed by atoms with Crippen molar-refractivity contribution in [2.45, 2.75) is 44.3 Å². The molecule has 2 unspecified atom stereocenters. The summed E-state index contributed by atoms with van der Waals surface area (Å²) in [6.07, 6.45) is -12.0. The molecule has 0 spiro atoms. The Morgan fingerprint density at radius 3 is 2.38 bits per heavy atom. The highest BCUT2D eigenvalue weighted by Crippen LogP contribution is 2.41. The molecule has 1 heterocycles. The topological polar surface area (TPSA) is 47.3 Å². The summed E-state index contributed by atoms with van der Waals surface area (Å²) < 4.78 is 78.0. The zero-order valence-electron chi connectivity index (χ0n) is 12.5. The van der Waals surface area contributed by atoms with Gasteiger partial charge in [-0.1, -0.05) is 0 Å². The van der Waals surface area contributed by atoms with E-state index in [1.165, 1.54) is 12.1 Å². The molecule has 0 aliphatic carbocycles. The molecule has 1 saturated heterocycles. The van der Waals surface area contributed by atoms with E-state index in [0.717, 1.165) is 17.9 Å². The van der Waals surface area contributed by atoms with E-state index in [-0.39, 0.29) is 24.2 Å². The number of nitrogens with zero attached hydrogens (tertiary/aromatic N) is 2. The smallest absolute Gasteiger partial charge is 0.382 e. The van der Waals surface area contributed by atoms with Gasteiger partial charge in [0.25, 0.3) is 0 Å². The third kappa shape index (κ3) is 3.29. The average molecular weight is 352 g/mol. The number of hydrogen-bond donors (Lipinski definition) is 1. The highest BCUT2D eigenvalue weighted by atomic mass is 19.4. The molecular formula is C15H14F6N2O. The van der Waals surface area contributed by atoms with Crippen molar-refractivity contribution < 1.29 is 31.4 Å². The lowest BCUT2D eigenvalue weighted by molar-refractivity contribution is -0.209. The van der Waals surface area contributed by atoms with Crippen molar-refractivity contribution in [1.82, 2.24) is 0 Å². The van der Waals surface area contributed by atoms with Crippen LogP contribution in [0.2, 0.25) is 0 Å². The van der Waals surface area contributed by atoms with Crippen LogP contribution in [0.3, 0.4) is 0 Å². The Labute approximate surface area is 134 Å². The first kappa shape index (κ1) is 18.4. The van der Waals surface area contributed by atoms with E-state index in [0.29, 0.717) is 6.42 Å². The molecule has 2 rings (SSSR count). The van der Waals surface area contributed by atoms with Crippen LogP contribution in [0.25, 0.3) is 0 Å². The van der Waals surface area contributed by atoms with Crippen LogP contribution in [0, 0.1) is 18.3 Å². The second-order valence-electron chi connectivity index (χ2n) is 5.63. The Hall–Kier alpha value is -1.95. The van der Waals surface area contributed by atoms with Gasteiger partial charge in [0.2, 0.25) is 0 Å². The lowest BCUT2D eigenvalue weighted by Crippen LogP contribution is -2.47. The summed E-state index contributed by atoms with van der Waals surface area (Å²) in [5.41, 5.74) is -2.11. The quantitative estimate of drug-likeness (QED) is 0.824. The molecule has 1 N–H and O–H groups in total. The Balaban J connectivity index is 2.51. The number of aliphatic hydroxyl groups is 1. The van der Waals surface area contributed by atoms with E-state index in [9.17, 15) is 31.4 Å². The fourth-order valence-electron chi connectivity index (χ4n) is 3.11. The van der Waals surface area contributed by atoms with E-state index in [1.54, 1.807) is 0 Å². The Morgan fingerprint density at radius 1 is 1.25 bits per heavy atom. The standard InChI is InChI=1S/C15H14F6N2O/c1-8-10(5-4-9(7-22)12(8)14(16,17)18)23-6-2-3-11(23)13(24)15(19,20)21/h4-5,11,13,24H,2-3,6H2,1H3. The third-order valence-electron chi connectivity index (χ3n) is 4.15. The van der Waals surface area contributed by atoms with Gasteiger partial charge in [0.15, 0.2) is 6.10 Å². The minimum atomic E-state index is -4.86. The van der Waals surface area contributed by atoms with E-state index in [1.807, 2.05) is 0 Å². The zero-order chi connectivity index (χ0) is 18.3. The second-order valence-corrected chi connectivity index (χ2v) is 5.63. The summed E-state index contributed by atoms with van der Waals surface area (Å²) in [5, 5.41) is 18.4. The van der Waals surface area contributed by atoms with Crippen LogP contribution >= 0.6 is 0 Å². The van der Waals surface area contributed by atoms with Crippen molar-refractivity contribution in [1.29, 1.82) is 5.26 Å². The fourth-order valence-corrected chi connectivity index (χ4v) is 3.11. The minimum absolute atomic E-state index is 0.0153. The monoisotopic (exact) mass is 352 g/mol. The number of rotatable bonds is 2. The molecule has 1 aliphatic rings. The maximum absolute atomic E-state index is 13.2. The number of nitriles is 1. The van der Waals surface area contributed by atoms with Crippen molar-refractivity contribution in [3.05, 3.63) is 28.8 Å². The molecule has 0 saturated carbocycles. The van der Waals surface area contributed by atoms with Crippen LogP contribution in [0.1, 0.15) is 29.5 Å². The molecule has 24 heavy (non-hydrogen) atoms. The van der Waals surface area contributed by atoms with Crippen LogP contribution in [0.5, 0.6) is 0 Å². The molecule has 132 valence electrons. The molecule has 0 radical (unpaired) electrons. The molecule has 1 aromatic carbocycles. The van der Waals surface area contributed by atoms with E-state index >= 15 is 0 Å². The summed E-state index contributed by atoms with van der Waals surface area (Å²) in [4.78, 5) is 1.14. The Bertz CT molecular complexity index is 662. The van der Waals surface area contributed by atoms with Gasteiger partial charge < -0.3 is 10.0 Å². The van der Waals surface area contributed by atoms with Crippen LogP contribution in [-0.4, -0.2) is 30.0 Å². The molecular weight excluding hydrogens is 338 g/mol. The normalized spacial score (nSPS) is 20.1. The highest BCUT2D eigenvalue weighted by molar-refractivity contribution is 5.62. The Morgan fingerprint density at radius 2 is 1.88 bits per heavy atom. The number of hydrogen-bond acceptors (Lipinski definition) is 3. The van der Waals surface area contributed by atoms with Crippen LogP contribution in [0.4, 0.5) is 32.0 Å². The predicted molar refractivity (Wildman–Crippen MR) is 73.3 cm³/mol. The maximum Gasteiger partial charge on any atom is 0.418 e. The molecule has 2 atom stereocenters. The van der Waals surface area contributed by atoms with Gasteiger partial charge in [-0.2, -0.15) is 31.6 Å². The molecule has 9 heteroatoms. The summed E-state index contributed by atoms with van der Waals surface area (Å²) in [7, 11) is 0. The summed E-state index contributed by atoms with van der Waals surface area (Å²) in [6.45, 7) is 1.22. The van der Waals surface area contributed by atoms with Crippen LogP contribution in [0.15, 0.2) is 12.1 Å². The molecule has 1 aromatic rings. The average Bonchev–Trinajstić information content (AvgIpc) is 2.92. The van der Waals surface area contributed by atoms with E-state index in [4.69, 9.17) is 5.26 Å². The van der Waals surface area contributed by atoms with Gasteiger partial charge in [-0.05, 0) is 37.5 Å². The maximum atomic E-state index is 13.2. The van der Waals surface area contributed by atoms with Crippen LogP contribution < -0.4 is 4.90 Å². The van der Waals surface area contributed by atoms with Gasteiger partial charge in [-0.25, -0.2) is 0 Å². The first-order valence-electron chi connectivity index (χ1n) is 7.10. The number of alkyl halides is 6. The summed E-state index contributed by atoms with van der Waals surface area (Å²) in [6, 6.07) is 2.25. The van der Waals surface area contributed by atoms with E-state index in [2.05, 4.69) is 0 Å². The van der Waals surface area contributed by atoms with Crippen LogP contribution in [-0.2, 0) is 6.18 Å². The first-order chi connectivity index (χ1) is 11.0. The Kier molecular flexibility index (Phi) is 4.72. The number of aliphatic hydroxyl groups excluding tert-OH is 1. The minimum Gasteiger partial charge on any atom is -0.382 e. The van der Waals surface area contributed by atoms with Crippen molar-refractivity contribution >= 4 is 5.69 Å². The number of halogens is 6. The van der Waals surface area contributed by atoms with Gasteiger partial charge in [-0.15, -0.1) is 0 Å². The summed E-state index contributed by atoms with van der Waals surface area (Å²) >= 11 is 0. The first-order valence-corrected chi connectivity index (χ1v) is 7.10. The van der Waals surface area contributed by atoms with Gasteiger partial charge in [0, 0.05) is 12.2 Å². The third-order valence-corrected chi connectivity index (χ3v) is 4.15. The van der Waals surface area contributed by atoms with Gasteiger partial charge in [0.1, 0.15) is 0 Å². The van der Waals surface area contributed by atoms with Crippen molar-refractivity contribution in [3.63, 3.8) is 0 Å². The second kappa shape index (κ2) is 6.16. The largest absolute Gasteiger partial charge is 0.418 e. The molecule has 0 aromatic heterocycles. The van der Waals surface area contributed by atoms with Gasteiger partial charge in [-0.3, -0.25) is 0 Å². The number of benzene rings is 1. The highest BCUT2D eigenvalue weighted by Gasteiger charge is 2.48. The summed E-state index contributed by atoms with van der Waals surface area (Å²) in [5.74, 6) is 0. The van der Waals surface area contributed by atoms with E-state index < -0.39 is 35.6 Å². The lowest BCUT2D eigenvalue weighted by atomic mass is 9.98. The van der Waals surface area contributed by atoms with Gasteiger partial charge in [0.05, 0.1) is 23.2 Å². The van der Waals surface area contributed by atoms with Crippen molar-refractivity contribution in [3.8, 4) is 6.07 Å². The molecule has 3 nitrogen and oxygen atoms in total. The molecule has 0 amide bonds. The fraction of sp³-hybridized carbons (Fsp3) is 0.533. The molecule has 1 fully saturated rings.